The van der Waals surface area contributed by atoms with Crippen molar-refractivity contribution in [1.82, 2.24) is 5.32 Å². The van der Waals surface area contributed by atoms with Gasteiger partial charge in [0.25, 0.3) is 5.91 Å². The molecule has 0 unspecified atom stereocenters. The maximum Gasteiger partial charge on any atom is 0.433 e. The minimum atomic E-state index is -0.698. The topological polar surface area (TPSA) is 99.0 Å². The third-order valence-electron chi connectivity index (χ3n) is 4.36. The van der Waals surface area contributed by atoms with Gasteiger partial charge in [0.1, 0.15) is 29.9 Å². The third-order valence-corrected chi connectivity index (χ3v) is 4.36. The van der Waals surface area contributed by atoms with Crippen LogP contribution < -0.4 is 10.2 Å². The summed E-state index contributed by atoms with van der Waals surface area (Å²) < 4.78 is 23.5. The van der Waals surface area contributed by atoms with E-state index in [0.29, 0.717) is 13.2 Å². The van der Waals surface area contributed by atoms with Crippen molar-refractivity contribution in [3.05, 3.63) is 63.7 Å². The number of carbonyl (C=O) groups excluding carboxylic acids is 1. The van der Waals surface area contributed by atoms with E-state index in [9.17, 15) is 19.3 Å². The molecule has 1 atom stereocenters. The van der Waals surface area contributed by atoms with Crippen molar-refractivity contribution in [3.8, 4) is 0 Å². The van der Waals surface area contributed by atoms with Gasteiger partial charge in [-0.05, 0) is 18.2 Å². The number of ether oxygens (including phenoxy) is 1. The smallest absolute Gasteiger partial charge is 0.395 e. The molecule has 0 radical (unpaired) electrons. The molecule has 1 fully saturated rings. The first-order valence-electron chi connectivity index (χ1n) is 8.25. The molecule has 0 saturated carbocycles. The summed E-state index contributed by atoms with van der Waals surface area (Å²) in [5, 5.41) is 13.4. The first-order chi connectivity index (χ1) is 12.5. The second-order valence-corrected chi connectivity index (χ2v) is 5.98. The SMILES string of the molecule is O=C(NC[C@@H](c1ccc(F)cc1)[NH+]1CCOCC1)c1ccc([N+](=O)[O-])o1. The van der Waals surface area contributed by atoms with Gasteiger partial charge in [0.15, 0.2) is 5.76 Å². The van der Waals surface area contributed by atoms with Gasteiger partial charge >= 0.3 is 5.88 Å². The normalized spacial score (nSPS) is 16.2. The van der Waals surface area contributed by atoms with Crippen LogP contribution in [0.5, 0.6) is 0 Å². The van der Waals surface area contributed by atoms with Crippen molar-refractivity contribution in [1.29, 1.82) is 0 Å². The monoisotopic (exact) mass is 364 g/mol. The second-order valence-electron chi connectivity index (χ2n) is 5.98. The minimum absolute atomic E-state index is 0.0894. The standard InChI is InChI=1S/C17H18FN3O5/c18-13-3-1-12(2-4-13)14(20-7-9-25-10-8-20)11-19-17(22)15-5-6-16(26-15)21(23)24/h1-6,14H,7-11H2,(H,19,22)/p+1/t14-/m0/s1. The van der Waals surface area contributed by atoms with E-state index in [4.69, 9.17) is 9.15 Å². The van der Waals surface area contributed by atoms with Crippen LogP contribution in [-0.4, -0.2) is 43.7 Å². The lowest BCUT2D eigenvalue weighted by Crippen LogP contribution is -3.15. The molecule has 9 heteroatoms. The van der Waals surface area contributed by atoms with E-state index in [2.05, 4.69) is 5.32 Å². The number of hydrogen-bond donors (Lipinski definition) is 2. The van der Waals surface area contributed by atoms with E-state index in [1.807, 2.05) is 0 Å². The number of carbonyl (C=O) groups is 1. The van der Waals surface area contributed by atoms with Gasteiger partial charge in [-0.1, -0.05) is 12.1 Å². The zero-order valence-electron chi connectivity index (χ0n) is 13.9. The molecule has 1 aliphatic rings. The first-order valence-corrected chi connectivity index (χ1v) is 8.25. The Balaban J connectivity index is 1.71. The maximum atomic E-state index is 13.2. The predicted molar refractivity (Wildman–Crippen MR) is 88.4 cm³/mol. The van der Waals surface area contributed by atoms with Crippen molar-refractivity contribution >= 4 is 11.8 Å². The molecular formula is C17H19FN3O5+. The Bertz CT molecular complexity index is 771. The van der Waals surface area contributed by atoms with Crippen LogP contribution in [0.15, 0.2) is 40.8 Å². The van der Waals surface area contributed by atoms with Crippen molar-refractivity contribution in [2.75, 3.05) is 32.8 Å². The average molecular weight is 364 g/mol. The van der Waals surface area contributed by atoms with Gasteiger partial charge in [-0.15, -0.1) is 0 Å². The molecule has 1 saturated heterocycles. The van der Waals surface area contributed by atoms with Crippen LogP contribution in [0.2, 0.25) is 0 Å². The fourth-order valence-electron chi connectivity index (χ4n) is 3.00. The molecule has 1 aliphatic heterocycles. The molecule has 1 aromatic heterocycles. The Morgan fingerprint density at radius 1 is 1.23 bits per heavy atom. The lowest BCUT2D eigenvalue weighted by atomic mass is 10.0. The van der Waals surface area contributed by atoms with E-state index in [1.165, 1.54) is 23.1 Å². The summed E-state index contributed by atoms with van der Waals surface area (Å²) in [6, 6.07) is 8.49. The molecule has 8 nitrogen and oxygen atoms in total. The number of morpholine rings is 1. The highest BCUT2D eigenvalue weighted by Gasteiger charge is 2.27. The van der Waals surface area contributed by atoms with Crippen LogP contribution in [-0.2, 0) is 4.74 Å². The number of amides is 1. The van der Waals surface area contributed by atoms with Gasteiger partial charge in [0, 0.05) is 5.56 Å². The molecule has 0 bridgehead atoms. The number of quaternary nitrogens is 1. The molecule has 2 heterocycles. The summed E-state index contributed by atoms with van der Waals surface area (Å²) in [4.78, 5) is 23.4. The van der Waals surface area contributed by atoms with Gasteiger partial charge in [0.05, 0.1) is 25.8 Å². The molecular weight excluding hydrogens is 345 g/mol. The number of hydrogen-bond acceptors (Lipinski definition) is 5. The lowest BCUT2D eigenvalue weighted by Gasteiger charge is -2.31. The zero-order valence-corrected chi connectivity index (χ0v) is 13.9. The Morgan fingerprint density at radius 3 is 2.54 bits per heavy atom. The van der Waals surface area contributed by atoms with Gasteiger partial charge < -0.3 is 19.4 Å². The van der Waals surface area contributed by atoms with Gasteiger partial charge in [-0.3, -0.25) is 14.9 Å². The number of furan rings is 1. The molecule has 3 rings (SSSR count). The van der Waals surface area contributed by atoms with Crippen LogP contribution in [0.4, 0.5) is 10.3 Å². The zero-order chi connectivity index (χ0) is 18.5. The number of nitrogens with zero attached hydrogens (tertiary/aromatic N) is 1. The summed E-state index contributed by atoms with van der Waals surface area (Å²) in [6.45, 7) is 3.05. The fraction of sp³-hybridized carbons (Fsp3) is 0.353. The lowest BCUT2D eigenvalue weighted by molar-refractivity contribution is -0.937. The molecule has 1 aromatic carbocycles. The number of rotatable bonds is 6. The summed E-state index contributed by atoms with van der Waals surface area (Å²) >= 11 is 0. The highest BCUT2D eigenvalue weighted by atomic mass is 19.1. The molecule has 138 valence electrons. The third kappa shape index (κ3) is 4.24. The quantitative estimate of drug-likeness (QED) is 0.581. The maximum absolute atomic E-state index is 13.2. The molecule has 26 heavy (non-hydrogen) atoms. The number of nitrogens with one attached hydrogen (secondary N) is 2. The van der Waals surface area contributed by atoms with Crippen LogP contribution in [0.3, 0.4) is 0 Å². The van der Waals surface area contributed by atoms with E-state index < -0.39 is 16.7 Å². The summed E-state index contributed by atoms with van der Waals surface area (Å²) in [7, 11) is 0. The molecule has 2 aromatic rings. The number of halogens is 1. The van der Waals surface area contributed by atoms with Crippen molar-refractivity contribution < 1.29 is 28.2 Å². The predicted octanol–water partition coefficient (Wildman–Crippen LogP) is 0.713. The van der Waals surface area contributed by atoms with E-state index in [1.54, 1.807) is 12.1 Å². The van der Waals surface area contributed by atoms with E-state index in [0.717, 1.165) is 24.7 Å². The molecule has 0 spiro atoms. The largest absolute Gasteiger partial charge is 0.433 e. The number of nitro groups is 1. The van der Waals surface area contributed by atoms with E-state index >= 15 is 0 Å². The summed E-state index contributed by atoms with van der Waals surface area (Å²) in [5.41, 5.74) is 0.897. The number of benzene rings is 1. The van der Waals surface area contributed by atoms with Crippen molar-refractivity contribution in [3.63, 3.8) is 0 Å². The van der Waals surface area contributed by atoms with Gasteiger partial charge in [0.2, 0.25) is 0 Å². The second kappa shape index (κ2) is 8.07. The Labute approximate surface area is 148 Å². The van der Waals surface area contributed by atoms with Crippen LogP contribution in [0.25, 0.3) is 0 Å². The Morgan fingerprint density at radius 2 is 1.92 bits per heavy atom. The van der Waals surface area contributed by atoms with Crippen molar-refractivity contribution in [2.24, 2.45) is 0 Å². The average Bonchev–Trinajstić information content (AvgIpc) is 3.15. The minimum Gasteiger partial charge on any atom is -0.395 e. The highest BCUT2D eigenvalue weighted by Crippen LogP contribution is 2.16. The summed E-state index contributed by atoms with van der Waals surface area (Å²) in [5.74, 6) is -1.45. The molecule has 1 amide bonds. The van der Waals surface area contributed by atoms with Gasteiger partial charge in [-0.2, -0.15) is 0 Å². The van der Waals surface area contributed by atoms with Crippen LogP contribution >= 0.6 is 0 Å². The summed E-state index contributed by atoms with van der Waals surface area (Å²) in [6.07, 6.45) is 0. The van der Waals surface area contributed by atoms with Crippen LogP contribution in [0.1, 0.15) is 22.2 Å². The van der Waals surface area contributed by atoms with E-state index in [-0.39, 0.29) is 24.2 Å². The van der Waals surface area contributed by atoms with Gasteiger partial charge in [-0.25, -0.2) is 4.39 Å². The first kappa shape index (κ1) is 18.0. The fourth-order valence-corrected chi connectivity index (χ4v) is 3.00. The molecule has 0 aliphatic carbocycles. The van der Waals surface area contributed by atoms with Crippen molar-refractivity contribution in [2.45, 2.75) is 6.04 Å². The Kier molecular flexibility index (Phi) is 5.59. The Hall–Kier alpha value is -2.78. The molecule has 2 N–H and O–H groups in total. The highest BCUT2D eigenvalue weighted by molar-refractivity contribution is 5.91. The van der Waals surface area contributed by atoms with Crippen LogP contribution in [0, 0.1) is 15.9 Å².